The van der Waals surface area contributed by atoms with E-state index < -0.39 is 7.81 Å². The van der Waals surface area contributed by atoms with Crippen LogP contribution in [0, 0.1) is 0 Å². The summed E-state index contributed by atoms with van der Waals surface area (Å²) >= 11 is 0. The van der Waals surface area contributed by atoms with Gasteiger partial charge in [-0.25, -0.2) is 9.13 Å². The SMILES string of the molecule is CC(C)n1c[n+](C)c2ccccc21.F[P-](F)(F)(F)(F)F. The number of aryl methyl sites for hydroxylation is 1. The van der Waals surface area contributed by atoms with Gasteiger partial charge >= 0.3 is 33.0 Å². The number of hydrogen-bond donors (Lipinski definition) is 0. The number of halogens is 6. The second kappa shape index (κ2) is 4.35. The molecule has 0 saturated heterocycles. The van der Waals surface area contributed by atoms with Gasteiger partial charge in [-0.2, -0.15) is 0 Å². The van der Waals surface area contributed by atoms with Crippen molar-refractivity contribution in [1.82, 2.24) is 4.57 Å². The third kappa shape index (κ3) is 6.23. The van der Waals surface area contributed by atoms with Gasteiger partial charge in [-0.1, -0.05) is 12.1 Å². The van der Waals surface area contributed by atoms with Gasteiger partial charge in [0.2, 0.25) is 6.33 Å². The second-order valence-electron chi connectivity index (χ2n) is 4.67. The van der Waals surface area contributed by atoms with Crippen molar-refractivity contribution in [3.8, 4) is 0 Å². The summed E-state index contributed by atoms with van der Waals surface area (Å²) in [5, 5.41) is 0. The van der Waals surface area contributed by atoms with E-state index in [0.29, 0.717) is 6.04 Å². The predicted octanol–water partition coefficient (Wildman–Crippen LogP) is 5.43. The Morgan fingerprint density at radius 3 is 1.90 bits per heavy atom. The van der Waals surface area contributed by atoms with Crippen molar-refractivity contribution in [1.29, 1.82) is 0 Å². The molecule has 20 heavy (non-hydrogen) atoms. The third-order valence-corrected chi connectivity index (χ3v) is 2.39. The van der Waals surface area contributed by atoms with Crippen molar-refractivity contribution in [3.63, 3.8) is 0 Å². The quantitative estimate of drug-likeness (QED) is 0.376. The van der Waals surface area contributed by atoms with Crippen LogP contribution in [0.1, 0.15) is 19.9 Å². The molecule has 2 nitrogen and oxygen atoms in total. The number of imidazole rings is 1. The van der Waals surface area contributed by atoms with E-state index in [1.807, 2.05) is 0 Å². The molecule has 0 unspecified atom stereocenters. The summed E-state index contributed by atoms with van der Waals surface area (Å²) in [6, 6.07) is 8.99. The predicted molar refractivity (Wildman–Crippen MR) is 67.1 cm³/mol. The molecule has 2 aromatic rings. The molecule has 0 saturated carbocycles. The van der Waals surface area contributed by atoms with Crippen molar-refractivity contribution in [2.24, 2.45) is 7.05 Å². The Bertz CT molecular complexity index is 603. The van der Waals surface area contributed by atoms with Crippen molar-refractivity contribution >= 4 is 18.8 Å². The fourth-order valence-electron chi connectivity index (χ4n) is 1.70. The minimum absolute atomic E-state index is 0.520. The average molecular weight is 320 g/mol. The molecule has 116 valence electrons. The second-order valence-corrected chi connectivity index (χ2v) is 6.59. The van der Waals surface area contributed by atoms with Gasteiger partial charge < -0.3 is 0 Å². The van der Waals surface area contributed by atoms with Gasteiger partial charge in [0.15, 0.2) is 11.0 Å². The monoisotopic (exact) mass is 320 g/mol. The van der Waals surface area contributed by atoms with Crippen LogP contribution in [0.15, 0.2) is 30.6 Å². The summed E-state index contributed by atoms with van der Waals surface area (Å²) in [4.78, 5) is 0. The zero-order valence-corrected chi connectivity index (χ0v) is 12.0. The van der Waals surface area contributed by atoms with Crippen LogP contribution in [0.4, 0.5) is 25.2 Å². The van der Waals surface area contributed by atoms with Crippen molar-refractivity contribution < 1.29 is 29.7 Å². The molecule has 1 aromatic carbocycles. The summed E-state index contributed by atoms with van der Waals surface area (Å²) in [7, 11) is -8.57. The molecule has 2 rings (SSSR count). The molecule has 0 radical (unpaired) electrons. The summed E-state index contributed by atoms with van der Waals surface area (Å²) in [6.45, 7) is 4.40. The number of nitrogens with zero attached hydrogens (tertiary/aromatic N) is 2. The van der Waals surface area contributed by atoms with Gasteiger partial charge in [-0.15, -0.1) is 0 Å². The molecular formula is C11H15F6N2P. The first-order chi connectivity index (χ1) is 8.65. The van der Waals surface area contributed by atoms with E-state index in [9.17, 15) is 25.2 Å². The van der Waals surface area contributed by atoms with Crippen LogP contribution >= 0.6 is 7.81 Å². The van der Waals surface area contributed by atoms with Crippen molar-refractivity contribution in [2.75, 3.05) is 0 Å². The molecule has 0 amide bonds. The number of hydrogen-bond acceptors (Lipinski definition) is 0. The molecule has 0 aliphatic rings. The molecule has 0 bridgehead atoms. The van der Waals surface area contributed by atoms with E-state index in [-0.39, 0.29) is 0 Å². The van der Waals surface area contributed by atoms with E-state index in [1.54, 1.807) is 0 Å². The molecular weight excluding hydrogens is 305 g/mol. The third-order valence-electron chi connectivity index (χ3n) is 2.39. The zero-order chi connectivity index (χ0) is 15.8. The summed E-state index contributed by atoms with van der Waals surface area (Å²) in [5.74, 6) is 0. The summed E-state index contributed by atoms with van der Waals surface area (Å²) in [5.41, 5.74) is 2.59. The van der Waals surface area contributed by atoms with E-state index in [2.05, 4.69) is 60.6 Å². The standard InChI is InChI=1S/C11H15N2.F6P/c1-9(2)13-8-12(3)10-6-4-5-7-11(10)13;1-7(2,3,4,5)6/h4-9H,1-3H3;/q+1;-1. The maximum absolute atomic E-state index is 10.7. The molecule has 0 aliphatic carbocycles. The van der Waals surface area contributed by atoms with E-state index in [4.69, 9.17) is 0 Å². The van der Waals surface area contributed by atoms with Gasteiger partial charge in [0.1, 0.15) is 0 Å². The topological polar surface area (TPSA) is 8.81 Å². The first-order valence-electron chi connectivity index (χ1n) is 5.67. The van der Waals surface area contributed by atoms with Crippen LogP contribution in [-0.2, 0) is 7.05 Å². The Balaban J connectivity index is 0.000000246. The summed E-state index contributed by atoms with van der Waals surface area (Å²) < 4.78 is 63.6. The van der Waals surface area contributed by atoms with Gasteiger partial charge in [0, 0.05) is 0 Å². The van der Waals surface area contributed by atoms with E-state index in [1.165, 1.54) is 11.0 Å². The number of para-hydroxylation sites is 2. The first-order valence-corrected chi connectivity index (χ1v) is 7.69. The fraction of sp³-hybridized carbons (Fsp3) is 0.364. The van der Waals surface area contributed by atoms with E-state index in [0.717, 1.165) is 0 Å². The normalized spacial score (nSPS) is 15.5. The zero-order valence-electron chi connectivity index (χ0n) is 11.1. The van der Waals surface area contributed by atoms with Crippen molar-refractivity contribution in [3.05, 3.63) is 30.6 Å². The molecule has 0 atom stereocenters. The van der Waals surface area contributed by atoms with Gasteiger partial charge in [0.25, 0.3) is 0 Å². The minimum atomic E-state index is -10.7. The van der Waals surface area contributed by atoms with Crippen LogP contribution < -0.4 is 4.57 Å². The molecule has 0 fully saturated rings. The molecule has 1 heterocycles. The van der Waals surface area contributed by atoms with Crippen LogP contribution in [0.2, 0.25) is 0 Å². The number of aromatic nitrogens is 2. The van der Waals surface area contributed by atoms with Gasteiger partial charge in [-0.05, 0) is 26.0 Å². The maximum atomic E-state index is 9.87. The molecule has 9 heteroatoms. The first kappa shape index (κ1) is 16.8. The molecule has 0 aliphatic heterocycles. The number of benzene rings is 1. The number of fused-ring (bicyclic) bond motifs is 1. The molecule has 0 spiro atoms. The Kier molecular flexibility index (Phi) is 3.64. The Labute approximate surface area is 111 Å². The Morgan fingerprint density at radius 2 is 1.45 bits per heavy atom. The molecule has 1 aromatic heterocycles. The molecule has 0 N–H and O–H groups in total. The van der Waals surface area contributed by atoms with Crippen molar-refractivity contribution in [2.45, 2.75) is 19.9 Å². The fourth-order valence-corrected chi connectivity index (χ4v) is 1.70. The van der Waals surface area contributed by atoms with Gasteiger partial charge in [0.05, 0.1) is 13.1 Å². The Hall–Kier alpha value is -1.30. The Morgan fingerprint density at radius 1 is 1.00 bits per heavy atom. The van der Waals surface area contributed by atoms with Crippen LogP contribution in [0.3, 0.4) is 0 Å². The van der Waals surface area contributed by atoms with Crippen LogP contribution in [0.25, 0.3) is 11.0 Å². The summed E-state index contributed by atoms with van der Waals surface area (Å²) in [6.07, 6.45) is 2.15. The number of rotatable bonds is 1. The van der Waals surface area contributed by atoms with E-state index >= 15 is 0 Å². The van der Waals surface area contributed by atoms with Gasteiger partial charge in [-0.3, -0.25) is 0 Å². The average Bonchev–Trinajstić information content (AvgIpc) is 2.52. The van der Waals surface area contributed by atoms with Crippen LogP contribution in [0.5, 0.6) is 0 Å². The van der Waals surface area contributed by atoms with Crippen LogP contribution in [-0.4, -0.2) is 4.57 Å².